The van der Waals surface area contributed by atoms with E-state index in [9.17, 15) is 9.18 Å². The highest BCUT2D eigenvalue weighted by atomic mass is 19.1. The first-order valence-electron chi connectivity index (χ1n) is 8.28. The van der Waals surface area contributed by atoms with E-state index in [4.69, 9.17) is 4.74 Å². The van der Waals surface area contributed by atoms with Crippen LogP contribution in [0.5, 0.6) is 5.75 Å². The van der Waals surface area contributed by atoms with Crippen molar-refractivity contribution in [1.82, 2.24) is 4.90 Å². The lowest BCUT2D eigenvalue weighted by Gasteiger charge is -2.36. The van der Waals surface area contributed by atoms with Crippen molar-refractivity contribution in [3.63, 3.8) is 0 Å². The summed E-state index contributed by atoms with van der Waals surface area (Å²) in [7, 11) is 0. The number of fused-ring (bicyclic) bond motifs is 1. The van der Waals surface area contributed by atoms with Gasteiger partial charge in [-0.3, -0.25) is 4.79 Å². The van der Waals surface area contributed by atoms with E-state index >= 15 is 0 Å². The van der Waals surface area contributed by atoms with Crippen molar-refractivity contribution in [3.8, 4) is 5.75 Å². The van der Waals surface area contributed by atoms with E-state index < -0.39 is 6.10 Å². The fourth-order valence-corrected chi connectivity index (χ4v) is 3.26. The minimum absolute atomic E-state index is 0.0704. The third-order valence-electron chi connectivity index (χ3n) is 4.58. The lowest BCUT2D eigenvalue weighted by atomic mass is 9.93. The summed E-state index contributed by atoms with van der Waals surface area (Å²) in [5, 5.41) is 0. The molecule has 2 aromatic rings. The Balaban J connectivity index is 1.75. The Morgan fingerprint density at radius 1 is 1.29 bits per heavy atom. The van der Waals surface area contributed by atoms with Crippen LogP contribution < -0.4 is 4.74 Å². The summed E-state index contributed by atoms with van der Waals surface area (Å²) < 4.78 is 19.4. The molecular formula is C20H22FNO2. The Morgan fingerprint density at radius 3 is 2.83 bits per heavy atom. The third kappa shape index (κ3) is 3.28. The molecule has 2 atom stereocenters. The zero-order valence-corrected chi connectivity index (χ0v) is 14.3. The highest BCUT2D eigenvalue weighted by Gasteiger charge is 2.31. The van der Waals surface area contributed by atoms with E-state index in [-0.39, 0.29) is 17.8 Å². The van der Waals surface area contributed by atoms with Crippen molar-refractivity contribution < 1.29 is 13.9 Å². The van der Waals surface area contributed by atoms with E-state index in [0.29, 0.717) is 12.3 Å². The van der Waals surface area contributed by atoms with Crippen LogP contribution in [0.25, 0.3) is 0 Å². The fraction of sp³-hybridized carbons (Fsp3) is 0.350. The Bertz CT molecular complexity index is 759. The molecule has 1 aliphatic rings. The monoisotopic (exact) mass is 327 g/mol. The zero-order chi connectivity index (χ0) is 17.3. The van der Waals surface area contributed by atoms with Crippen LogP contribution in [0.3, 0.4) is 0 Å². The largest absolute Gasteiger partial charge is 0.481 e. The molecule has 3 nitrogen and oxygen atoms in total. The van der Waals surface area contributed by atoms with Gasteiger partial charge in [0.25, 0.3) is 5.91 Å². The van der Waals surface area contributed by atoms with Gasteiger partial charge in [0.15, 0.2) is 6.10 Å². The number of hydrogen-bond donors (Lipinski definition) is 0. The van der Waals surface area contributed by atoms with Crippen molar-refractivity contribution in [2.24, 2.45) is 0 Å². The second kappa shape index (κ2) is 6.63. The third-order valence-corrected chi connectivity index (χ3v) is 4.58. The highest BCUT2D eigenvalue weighted by molar-refractivity contribution is 5.81. The maximum atomic E-state index is 13.6. The molecule has 2 aromatic carbocycles. The predicted molar refractivity (Wildman–Crippen MR) is 91.5 cm³/mol. The maximum absolute atomic E-state index is 13.6. The smallest absolute Gasteiger partial charge is 0.263 e. The van der Waals surface area contributed by atoms with Gasteiger partial charge < -0.3 is 9.64 Å². The minimum Gasteiger partial charge on any atom is -0.481 e. The maximum Gasteiger partial charge on any atom is 0.263 e. The number of rotatable bonds is 3. The summed E-state index contributed by atoms with van der Waals surface area (Å²) in [6.45, 7) is 6.31. The molecule has 3 rings (SSSR count). The summed E-state index contributed by atoms with van der Waals surface area (Å²) in [5.41, 5.74) is 3.08. The Morgan fingerprint density at radius 2 is 2.08 bits per heavy atom. The average molecular weight is 327 g/mol. The molecule has 0 aromatic heterocycles. The van der Waals surface area contributed by atoms with E-state index in [1.54, 1.807) is 11.8 Å². The number of hydrogen-bond acceptors (Lipinski definition) is 2. The molecule has 126 valence electrons. The SMILES string of the molecule is Cc1cccc(OC(C)C(=O)N2CCc3ccc(F)cc3C2C)c1. The lowest BCUT2D eigenvalue weighted by molar-refractivity contribution is -0.140. The summed E-state index contributed by atoms with van der Waals surface area (Å²) >= 11 is 0. The van der Waals surface area contributed by atoms with Crippen LogP contribution in [0.2, 0.25) is 0 Å². The molecule has 0 saturated carbocycles. The van der Waals surface area contributed by atoms with Gasteiger partial charge in [0.2, 0.25) is 0 Å². The number of carbonyl (C=O) groups excluding carboxylic acids is 1. The van der Waals surface area contributed by atoms with Crippen LogP contribution in [-0.2, 0) is 11.2 Å². The van der Waals surface area contributed by atoms with Gasteiger partial charge in [-0.1, -0.05) is 18.2 Å². The van der Waals surface area contributed by atoms with Gasteiger partial charge in [0.05, 0.1) is 6.04 Å². The molecule has 4 heteroatoms. The summed E-state index contributed by atoms with van der Waals surface area (Å²) in [6.07, 6.45) is 0.160. The van der Waals surface area contributed by atoms with E-state index in [1.165, 1.54) is 12.1 Å². The fourth-order valence-electron chi connectivity index (χ4n) is 3.26. The molecule has 0 spiro atoms. The van der Waals surface area contributed by atoms with E-state index in [1.807, 2.05) is 44.2 Å². The normalized spacial score (nSPS) is 18.0. The van der Waals surface area contributed by atoms with Crippen molar-refractivity contribution >= 4 is 5.91 Å². The lowest BCUT2D eigenvalue weighted by Crippen LogP contribution is -2.45. The molecule has 0 fully saturated rings. The summed E-state index contributed by atoms with van der Waals surface area (Å²) in [4.78, 5) is 14.6. The number of amides is 1. The highest BCUT2D eigenvalue weighted by Crippen LogP contribution is 2.30. The molecular weight excluding hydrogens is 305 g/mol. The molecule has 0 bridgehead atoms. The number of aryl methyl sites for hydroxylation is 1. The van der Waals surface area contributed by atoms with Gasteiger partial charge in [-0.25, -0.2) is 4.39 Å². The first kappa shape index (κ1) is 16.5. The quantitative estimate of drug-likeness (QED) is 0.851. The summed E-state index contributed by atoms with van der Waals surface area (Å²) in [6, 6.07) is 12.3. The molecule has 1 heterocycles. The van der Waals surface area contributed by atoms with Crippen molar-refractivity contribution in [2.75, 3.05) is 6.54 Å². The molecule has 2 unspecified atom stereocenters. The van der Waals surface area contributed by atoms with Crippen LogP contribution in [-0.4, -0.2) is 23.5 Å². The first-order chi connectivity index (χ1) is 11.5. The van der Waals surface area contributed by atoms with Crippen LogP contribution in [0.1, 0.15) is 36.6 Å². The van der Waals surface area contributed by atoms with Crippen molar-refractivity contribution in [1.29, 1.82) is 0 Å². The zero-order valence-electron chi connectivity index (χ0n) is 14.3. The second-order valence-electron chi connectivity index (χ2n) is 6.38. The van der Waals surface area contributed by atoms with Crippen molar-refractivity contribution in [2.45, 2.75) is 39.3 Å². The predicted octanol–water partition coefficient (Wildman–Crippen LogP) is 4.05. The standard InChI is InChI=1S/C20H22FNO2/c1-13-5-4-6-18(11-13)24-15(3)20(23)22-10-9-16-7-8-17(21)12-19(16)14(22)2/h4-8,11-12,14-15H,9-10H2,1-3H3. The Labute approximate surface area is 142 Å². The molecule has 24 heavy (non-hydrogen) atoms. The summed E-state index contributed by atoms with van der Waals surface area (Å²) in [5.74, 6) is 0.352. The Kier molecular flexibility index (Phi) is 4.56. The molecule has 0 N–H and O–H groups in total. The molecule has 1 aliphatic heterocycles. The van der Waals surface area contributed by atoms with Crippen LogP contribution in [0, 0.1) is 12.7 Å². The van der Waals surface area contributed by atoms with Gasteiger partial charge in [-0.05, 0) is 68.1 Å². The number of nitrogens with zero attached hydrogens (tertiary/aromatic N) is 1. The number of halogens is 1. The number of carbonyl (C=O) groups is 1. The van der Waals surface area contributed by atoms with Gasteiger partial charge in [0.1, 0.15) is 11.6 Å². The van der Waals surface area contributed by atoms with E-state index in [0.717, 1.165) is 23.1 Å². The van der Waals surface area contributed by atoms with Gasteiger partial charge >= 0.3 is 0 Å². The van der Waals surface area contributed by atoms with E-state index in [2.05, 4.69) is 0 Å². The molecule has 0 radical (unpaired) electrons. The van der Waals surface area contributed by atoms with Crippen LogP contribution >= 0.6 is 0 Å². The molecule has 1 amide bonds. The van der Waals surface area contributed by atoms with Crippen LogP contribution in [0.4, 0.5) is 4.39 Å². The van der Waals surface area contributed by atoms with Crippen LogP contribution in [0.15, 0.2) is 42.5 Å². The minimum atomic E-state index is -0.579. The average Bonchev–Trinajstić information content (AvgIpc) is 2.55. The van der Waals surface area contributed by atoms with Crippen molar-refractivity contribution in [3.05, 3.63) is 65.0 Å². The Hall–Kier alpha value is -2.36. The number of benzene rings is 2. The first-order valence-corrected chi connectivity index (χ1v) is 8.28. The molecule has 0 saturated heterocycles. The molecule has 0 aliphatic carbocycles. The van der Waals surface area contributed by atoms with Gasteiger partial charge in [-0.15, -0.1) is 0 Å². The second-order valence-corrected chi connectivity index (χ2v) is 6.38. The van der Waals surface area contributed by atoms with Gasteiger partial charge in [0, 0.05) is 6.54 Å². The topological polar surface area (TPSA) is 29.5 Å². The van der Waals surface area contributed by atoms with Gasteiger partial charge in [-0.2, -0.15) is 0 Å². The number of ether oxygens (including phenoxy) is 1.